The van der Waals surface area contributed by atoms with E-state index in [1.54, 1.807) is 4.90 Å². The van der Waals surface area contributed by atoms with Gasteiger partial charge in [-0.3, -0.25) is 9.98 Å². The van der Waals surface area contributed by atoms with Gasteiger partial charge in [0.05, 0.1) is 12.6 Å². The second kappa shape index (κ2) is 9.07. The van der Waals surface area contributed by atoms with Crippen LogP contribution in [0.3, 0.4) is 0 Å². The van der Waals surface area contributed by atoms with Crippen LogP contribution in [0, 0.1) is 6.92 Å². The lowest BCUT2D eigenvalue weighted by molar-refractivity contribution is 0.0137. The Bertz CT molecular complexity index is 689. The highest BCUT2D eigenvalue weighted by atomic mass is 127. The number of hydrogen-bond donors (Lipinski definition) is 1. The number of nitrogens with zero attached hydrogens (tertiary/aromatic N) is 4. The molecule has 1 atom stereocenters. The second-order valence-corrected chi connectivity index (χ2v) is 7.92. The van der Waals surface area contributed by atoms with Crippen LogP contribution in [0.2, 0.25) is 0 Å². The van der Waals surface area contributed by atoms with Gasteiger partial charge in [-0.2, -0.15) is 0 Å². The highest BCUT2D eigenvalue weighted by molar-refractivity contribution is 14.0. The molecule has 1 aromatic heterocycles. The van der Waals surface area contributed by atoms with Crippen molar-refractivity contribution in [1.29, 1.82) is 0 Å². The van der Waals surface area contributed by atoms with Crippen LogP contribution in [-0.4, -0.2) is 71.2 Å². The van der Waals surface area contributed by atoms with Gasteiger partial charge in [-0.15, -0.1) is 24.0 Å². The number of carbonyl (C=O) groups excluding carboxylic acids is 1. The van der Waals surface area contributed by atoms with E-state index in [4.69, 9.17) is 4.74 Å². The fourth-order valence-electron chi connectivity index (χ4n) is 3.31. The lowest BCUT2D eigenvalue weighted by Gasteiger charge is -2.39. The maximum atomic E-state index is 12.3. The molecule has 0 radical (unpaired) electrons. The number of piperazine rings is 1. The Labute approximate surface area is 178 Å². The van der Waals surface area contributed by atoms with Gasteiger partial charge in [-0.05, 0) is 51.3 Å². The van der Waals surface area contributed by atoms with Crippen molar-refractivity contribution in [2.24, 2.45) is 4.99 Å². The molecule has 0 saturated carbocycles. The van der Waals surface area contributed by atoms with Crippen LogP contribution in [0.4, 0.5) is 4.79 Å². The highest BCUT2D eigenvalue weighted by Crippen LogP contribution is 2.18. The Morgan fingerprint density at radius 3 is 2.85 bits per heavy atom. The minimum Gasteiger partial charge on any atom is -0.444 e. The number of aliphatic imine (C=N–C) groups is 1. The Balaban J connectivity index is 0.00000261. The summed E-state index contributed by atoms with van der Waals surface area (Å²) in [7, 11) is 0. The van der Waals surface area contributed by atoms with E-state index in [-0.39, 0.29) is 36.1 Å². The standard InChI is InChI=1S/C19H29N5O2.HI/c1-14-11-20-7-5-15(14)6-8-21-17-22-12-16-13-23(9-10-24(16)17)18(25)26-19(2,3)4;/h5,7,11,16H,6,8-10,12-13H2,1-4H3,(H,21,22);1H. The lowest BCUT2D eigenvalue weighted by Crippen LogP contribution is -2.57. The van der Waals surface area contributed by atoms with Crippen molar-refractivity contribution >= 4 is 36.0 Å². The monoisotopic (exact) mass is 487 g/mol. The first-order valence-corrected chi connectivity index (χ1v) is 9.26. The molecule has 1 amide bonds. The first-order valence-electron chi connectivity index (χ1n) is 9.26. The molecular formula is C19H30IN5O2. The smallest absolute Gasteiger partial charge is 0.410 e. The Hall–Kier alpha value is -1.58. The van der Waals surface area contributed by atoms with Gasteiger partial charge in [0.15, 0.2) is 5.96 Å². The number of ether oxygens (including phenoxy) is 1. The van der Waals surface area contributed by atoms with Crippen molar-refractivity contribution in [3.63, 3.8) is 0 Å². The van der Waals surface area contributed by atoms with Gasteiger partial charge in [-0.1, -0.05) is 0 Å². The Morgan fingerprint density at radius 1 is 1.37 bits per heavy atom. The number of pyridine rings is 1. The Kier molecular flexibility index (Phi) is 7.30. The van der Waals surface area contributed by atoms with Crippen molar-refractivity contribution in [2.45, 2.75) is 45.8 Å². The fraction of sp³-hybridized carbons (Fsp3) is 0.632. The molecule has 0 spiro atoms. The molecule has 27 heavy (non-hydrogen) atoms. The van der Waals surface area contributed by atoms with E-state index in [1.165, 1.54) is 11.1 Å². The quantitative estimate of drug-likeness (QED) is 0.664. The molecule has 0 aromatic carbocycles. The number of rotatable bonds is 3. The molecule has 8 heteroatoms. The van der Waals surface area contributed by atoms with Gasteiger partial charge >= 0.3 is 6.09 Å². The molecule has 1 unspecified atom stereocenters. The molecule has 7 nitrogen and oxygen atoms in total. The molecule has 3 rings (SSSR count). The molecule has 1 fully saturated rings. The third-order valence-corrected chi connectivity index (χ3v) is 4.67. The highest BCUT2D eigenvalue weighted by Gasteiger charge is 2.36. The summed E-state index contributed by atoms with van der Waals surface area (Å²) >= 11 is 0. The summed E-state index contributed by atoms with van der Waals surface area (Å²) in [6.07, 6.45) is 4.44. The zero-order valence-corrected chi connectivity index (χ0v) is 18.9. The van der Waals surface area contributed by atoms with Crippen LogP contribution in [-0.2, 0) is 11.2 Å². The summed E-state index contributed by atoms with van der Waals surface area (Å²) in [6, 6.07) is 2.30. The number of nitrogens with one attached hydrogen (secondary N) is 1. The lowest BCUT2D eigenvalue weighted by atomic mass is 10.1. The van der Waals surface area contributed by atoms with E-state index in [9.17, 15) is 4.79 Å². The summed E-state index contributed by atoms with van der Waals surface area (Å²) in [6.45, 7) is 11.4. The molecule has 3 heterocycles. The predicted octanol–water partition coefficient (Wildman–Crippen LogP) is 2.43. The van der Waals surface area contributed by atoms with E-state index in [0.717, 1.165) is 32.0 Å². The number of aryl methyl sites for hydroxylation is 1. The van der Waals surface area contributed by atoms with Crippen LogP contribution >= 0.6 is 24.0 Å². The number of fused-ring (bicyclic) bond motifs is 1. The fourth-order valence-corrected chi connectivity index (χ4v) is 3.31. The SMILES string of the molecule is Cc1cnccc1CCNC1=NCC2CN(C(=O)OC(C)(C)C)CCN12.I. The molecule has 2 aliphatic heterocycles. The van der Waals surface area contributed by atoms with Crippen LogP contribution in [0.5, 0.6) is 0 Å². The van der Waals surface area contributed by atoms with Gasteiger partial charge in [-0.25, -0.2) is 4.79 Å². The summed E-state index contributed by atoms with van der Waals surface area (Å²) in [4.78, 5) is 25.1. The number of halogens is 1. The molecule has 2 aliphatic rings. The van der Waals surface area contributed by atoms with Crippen LogP contribution < -0.4 is 5.32 Å². The van der Waals surface area contributed by atoms with Crippen molar-refractivity contribution < 1.29 is 9.53 Å². The van der Waals surface area contributed by atoms with Crippen molar-refractivity contribution in [1.82, 2.24) is 20.1 Å². The number of aromatic nitrogens is 1. The first-order chi connectivity index (χ1) is 12.3. The predicted molar refractivity (Wildman–Crippen MR) is 117 cm³/mol. The molecule has 1 aromatic rings. The normalized spacial score (nSPS) is 19.1. The second-order valence-electron chi connectivity index (χ2n) is 7.92. The first kappa shape index (κ1) is 21.7. The van der Waals surface area contributed by atoms with Gasteiger partial charge in [0.25, 0.3) is 0 Å². The van der Waals surface area contributed by atoms with Crippen molar-refractivity contribution in [3.8, 4) is 0 Å². The summed E-state index contributed by atoms with van der Waals surface area (Å²) in [5, 5.41) is 3.46. The number of amides is 1. The third kappa shape index (κ3) is 5.70. The maximum Gasteiger partial charge on any atom is 0.410 e. The molecule has 150 valence electrons. The number of guanidine groups is 1. The van der Waals surface area contributed by atoms with Gasteiger partial charge in [0.1, 0.15) is 5.60 Å². The molecule has 1 N–H and O–H groups in total. The minimum absolute atomic E-state index is 0. The average Bonchev–Trinajstić information content (AvgIpc) is 2.97. The average molecular weight is 487 g/mol. The third-order valence-electron chi connectivity index (χ3n) is 4.67. The maximum absolute atomic E-state index is 12.3. The summed E-state index contributed by atoms with van der Waals surface area (Å²) < 4.78 is 5.49. The zero-order chi connectivity index (χ0) is 18.7. The Morgan fingerprint density at radius 2 is 2.15 bits per heavy atom. The molecular weight excluding hydrogens is 457 g/mol. The zero-order valence-electron chi connectivity index (χ0n) is 16.6. The van der Waals surface area contributed by atoms with E-state index in [1.807, 2.05) is 33.2 Å². The molecule has 0 bridgehead atoms. The number of carbonyl (C=O) groups is 1. The van der Waals surface area contributed by atoms with Crippen LogP contribution in [0.1, 0.15) is 31.9 Å². The van der Waals surface area contributed by atoms with Gasteiger partial charge in [0, 0.05) is 38.6 Å². The summed E-state index contributed by atoms with van der Waals surface area (Å²) in [5.41, 5.74) is 2.06. The molecule has 0 aliphatic carbocycles. The van der Waals surface area contributed by atoms with Gasteiger partial charge in [0.2, 0.25) is 0 Å². The van der Waals surface area contributed by atoms with Crippen molar-refractivity contribution in [2.75, 3.05) is 32.7 Å². The van der Waals surface area contributed by atoms with Crippen LogP contribution in [0.25, 0.3) is 0 Å². The number of hydrogen-bond acceptors (Lipinski definition) is 6. The van der Waals surface area contributed by atoms with E-state index in [0.29, 0.717) is 13.1 Å². The largest absolute Gasteiger partial charge is 0.444 e. The van der Waals surface area contributed by atoms with E-state index in [2.05, 4.69) is 33.2 Å². The van der Waals surface area contributed by atoms with E-state index >= 15 is 0 Å². The summed E-state index contributed by atoms with van der Waals surface area (Å²) in [5.74, 6) is 0.950. The van der Waals surface area contributed by atoms with E-state index < -0.39 is 5.60 Å². The van der Waals surface area contributed by atoms with Crippen molar-refractivity contribution in [3.05, 3.63) is 29.6 Å². The molecule has 1 saturated heterocycles. The van der Waals surface area contributed by atoms with Gasteiger partial charge < -0.3 is 19.9 Å². The minimum atomic E-state index is -0.460. The topological polar surface area (TPSA) is 70.1 Å². The van der Waals surface area contributed by atoms with Crippen LogP contribution in [0.15, 0.2) is 23.5 Å².